The van der Waals surface area contributed by atoms with E-state index in [0.717, 1.165) is 30.9 Å². The van der Waals surface area contributed by atoms with Gasteiger partial charge in [0.25, 0.3) is 0 Å². The Balaban J connectivity index is 1.94. The summed E-state index contributed by atoms with van der Waals surface area (Å²) in [4.78, 5) is 20.3. The molecule has 1 aromatic rings. The monoisotopic (exact) mass is 375 g/mol. The van der Waals surface area contributed by atoms with Crippen molar-refractivity contribution in [2.45, 2.75) is 65.6 Å². The number of aromatic nitrogens is 1. The first kappa shape index (κ1) is 21.0. The van der Waals surface area contributed by atoms with E-state index in [1.54, 1.807) is 6.20 Å². The van der Waals surface area contributed by atoms with E-state index in [0.29, 0.717) is 31.3 Å². The zero-order valence-electron chi connectivity index (χ0n) is 16.9. The van der Waals surface area contributed by atoms with Crippen molar-refractivity contribution < 1.29 is 9.53 Å². The van der Waals surface area contributed by atoms with Crippen LogP contribution in [0.5, 0.6) is 5.88 Å². The van der Waals surface area contributed by atoms with Gasteiger partial charge in [0, 0.05) is 37.8 Å². The Hall–Kier alpha value is -2.31. The molecule has 2 atom stereocenters. The highest BCUT2D eigenvalue weighted by molar-refractivity contribution is 5.81. The van der Waals surface area contributed by atoms with Crippen molar-refractivity contribution in [3.8, 4) is 5.88 Å². The fourth-order valence-corrected chi connectivity index (χ4v) is 3.07. The van der Waals surface area contributed by atoms with E-state index < -0.39 is 0 Å². The number of hydrogen-bond acceptors (Lipinski definition) is 4. The van der Waals surface area contributed by atoms with Gasteiger partial charge in [-0.1, -0.05) is 13.8 Å². The van der Waals surface area contributed by atoms with Crippen LogP contribution in [0.2, 0.25) is 0 Å². The van der Waals surface area contributed by atoms with Gasteiger partial charge in [0.15, 0.2) is 5.96 Å². The average molecular weight is 376 g/mol. The zero-order chi connectivity index (χ0) is 19.6. The topological polar surface area (TPSA) is 87.6 Å². The Morgan fingerprint density at radius 1 is 1.44 bits per heavy atom. The fourth-order valence-electron chi connectivity index (χ4n) is 3.07. The number of aliphatic imine (C=N–C) groups is 1. The smallest absolute Gasteiger partial charge is 0.220 e. The van der Waals surface area contributed by atoms with Gasteiger partial charge < -0.3 is 20.7 Å². The van der Waals surface area contributed by atoms with E-state index in [1.807, 2.05) is 19.1 Å². The molecule has 1 aliphatic rings. The highest BCUT2D eigenvalue weighted by Gasteiger charge is 2.18. The van der Waals surface area contributed by atoms with Crippen LogP contribution in [0.25, 0.3) is 0 Å². The van der Waals surface area contributed by atoms with E-state index in [9.17, 15) is 4.79 Å². The van der Waals surface area contributed by atoms with Crippen LogP contribution in [0.3, 0.4) is 0 Å². The predicted molar refractivity (Wildman–Crippen MR) is 108 cm³/mol. The zero-order valence-corrected chi connectivity index (χ0v) is 16.9. The molecule has 0 spiro atoms. The van der Waals surface area contributed by atoms with Crippen molar-refractivity contribution in [3.63, 3.8) is 0 Å². The molecule has 7 nitrogen and oxygen atoms in total. The maximum Gasteiger partial charge on any atom is 0.220 e. The first-order valence-electron chi connectivity index (χ1n) is 9.89. The fraction of sp³-hybridized carbons (Fsp3) is 0.650. The SMILES string of the molecule is CCNC(=NCc1ccnc(OC(C)CC(C)C)c1)NC1CCC(=O)NC1. The number of piperidine rings is 1. The number of carbonyl (C=O) groups excluding carboxylic acids is 1. The standard InChI is InChI=1S/C20H33N5O2/c1-5-21-20(25-17-6-7-18(26)23-13-17)24-12-16-8-9-22-19(11-16)27-15(4)10-14(2)3/h8-9,11,14-15,17H,5-7,10,12-13H2,1-4H3,(H,23,26)(H2,21,24,25). The Labute approximate surface area is 162 Å². The quantitative estimate of drug-likeness (QED) is 0.479. The van der Waals surface area contributed by atoms with Gasteiger partial charge in [0.2, 0.25) is 11.8 Å². The first-order chi connectivity index (χ1) is 13.0. The molecular formula is C20H33N5O2. The summed E-state index contributed by atoms with van der Waals surface area (Å²) in [7, 11) is 0. The van der Waals surface area contributed by atoms with Crippen LogP contribution < -0.4 is 20.7 Å². The molecule has 27 heavy (non-hydrogen) atoms. The van der Waals surface area contributed by atoms with Crippen LogP contribution in [0.1, 0.15) is 52.5 Å². The van der Waals surface area contributed by atoms with E-state index in [-0.39, 0.29) is 18.1 Å². The number of rotatable bonds is 8. The summed E-state index contributed by atoms with van der Waals surface area (Å²) in [6, 6.07) is 4.10. The lowest BCUT2D eigenvalue weighted by atomic mass is 10.1. The van der Waals surface area contributed by atoms with Crippen LogP contribution in [0, 0.1) is 5.92 Å². The minimum atomic E-state index is 0.117. The number of hydrogen-bond donors (Lipinski definition) is 3. The van der Waals surface area contributed by atoms with Gasteiger partial charge in [-0.3, -0.25) is 4.79 Å². The molecule has 1 saturated heterocycles. The van der Waals surface area contributed by atoms with Gasteiger partial charge in [0.05, 0.1) is 12.6 Å². The molecule has 1 aliphatic heterocycles. The molecule has 1 fully saturated rings. The summed E-state index contributed by atoms with van der Waals surface area (Å²) in [6.07, 6.45) is 4.26. The number of ether oxygens (including phenoxy) is 1. The maximum atomic E-state index is 11.3. The van der Waals surface area contributed by atoms with Crippen LogP contribution in [0.15, 0.2) is 23.3 Å². The minimum absolute atomic E-state index is 0.117. The van der Waals surface area contributed by atoms with Gasteiger partial charge in [-0.2, -0.15) is 0 Å². The molecule has 2 heterocycles. The van der Waals surface area contributed by atoms with Crippen LogP contribution in [-0.4, -0.2) is 42.1 Å². The van der Waals surface area contributed by atoms with Crippen LogP contribution in [-0.2, 0) is 11.3 Å². The number of carbonyl (C=O) groups is 1. The van der Waals surface area contributed by atoms with Crippen molar-refractivity contribution in [3.05, 3.63) is 23.9 Å². The van der Waals surface area contributed by atoms with Crippen molar-refractivity contribution in [1.82, 2.24) is 20.9 Å². The molecule has 0 aliphatic carbocycles. The normalized spacial score (nSPS) is 18.8. The lowest BCUT2D eigenvalue weighted by Gasteiger charge is -2.25. The summed E-state index contributed by atoms with van der Waals surface area (Å²) < 4.78 is 5.92. The number of nitrogens with zero attached hydrogens (tertiary/aromatic N) is 2. The molecule has 1 amide bonds. The van der Waals surface area contributed by atoms with Crippen molar-refractivity contribution >= 4 is 11.9 Å². The molecule has 0 aromatic carbocycles. The largest absolute Gasteiger partial charge is 0.475 e. The second-order valence-electron chi connectivity index (χ2n) is 7.44. The summed E-state index contributed by atoms with van der Waals surface area (Å²) in [5, 5.41) is 9.54. The molecule has 0 radical (unpaired) electrons. The van der Waals surface area contributed by atoms with Crippen LogP contribution in [0.4, 0.5) is 0 Å². The molecule has 2 unspecified atom stereocenters. The average Bonchev–Trinajstić information content (AvgIpc) is 2.61. The summed E-state index contributed by atoms with van der Waals surface area (Å²) in [5.74, 6) is 2.10. The molecular weight excluding hydrogens is 342 g/mol. The molecule has 2 rings (SSSR count). The lowest BCUT2D eigenvalue weighted by molar-refractivity contribution is -0.122. The number of amides is 1. The summed E-state index contributed by atoms with van der Waals surface area (Å²) >= 11 is 0. The summed E-state index contributed by atoms with van der Waals surface area (Å²) in [5.41, 5.74) is 1.05. The van der Waals surface area contributed by atoms with E-state index >= 15 is 0 Å². The number of pyridine rings is 1. The van der Waals surface area contributed by atoms with Crippen molar-refractivity contribution in [2.24, 2.45) is 10.9 Å². The third kappa shape index (κ3) is 7.85. The van der Waals surface area contributed by atoms with E-state index in [1.165, 1.54) is 0 Å². The van der Waals surface area contributed by atoms with Crippen LogP contribution >= 0.6 is 0 Å². The van der Waals surface area contributed by atoms with E-state index in [2.05, 4.69) is 46.7 Å². The van der Waals surface area contributed by atoms with Gasteiger partial charge in [-0.25, -0.2) is 9.98 Å². The molecule has 3 N–H and O–H groups in total. The summed E-state index contributed by atoms with van der Waals surface area (Å²) in [6.45, 7) is 10.4. The maximum absolute atomic E-state index is 11.3. The van der Waals surface area contributed by atoms with Gasteiger partial charge in [-0.15, -0.1) is 0 Å². The highest BCUT2D eigenvalue weighted by Crippen LogP contribution is 2.15. The van der Waals surface area contributed by atoms with Gasteiger partial charge >= 0.3 is 0 Å². The van der Waals surface area contributed by atoms with Crippen molar-refractivity contribution in [2.75, 3.05) is 13.1 Å². The molecule has 1 aromatic heterocycles. The second-order valence-corrected chi connectivity index (χ2v) is 7.44. The molecule has 0 saturated carbocycles. The molecule has 150 valence electrons. The predicted octanol–water partition coefficient (Wildman–Crippen LogP) is 2.23. The van der Waals surface area contributed by atoms with E-state index in [4.69, 9.17) is 4.74 Å². The Kier molecular flexibility index (Phi) is 8.36. The minimum Gasteiger partial charge on any atom is -0.475 e. The Morgan fingerprint density at radius 2 is 2.26 bits per heavy atom. The van der Waals surface area contributed by atoms with Crippen molar-refractivity contribution in [1.29, 1.82) is 0 Å². The first-order valence-corrected chi connectivity index (χ1v) is 9.89. The molecule has 7 heteroatoms. The number of nitrogens with one attached hydrogen (secondary N) is 3. The third-order valence-electron chi connectivity index (χ3n) is 4.29. The lowest BCUT2D eigenvalue weighted by Crippen LogP contribution is -2.51. The highest BCUT2D eigenvalue weighted by atomic mass is 16.5. The number of guanidine groups is 1. The Bertz CT molecular complexity index is 623. The third-order valence-corrected chi connectivity index (χ3v) is 4.29. The molecule has 0 bridgehead atoms. The van der Waals surface area contributed by atoms with Gasteiger partial charge in [0.1, 0.15) is 0 Å². The van der Waals surface area contributed by atoms with Gasteiger partial charge in [-0.05, 0) is 44.2 Å². The second kappa shape index (κ2) is 10.7. The Morgan fingerprint density at radius 3 is 2.93 bits per heavy atom.